The Morgan fingerprint density at radius 2 is 0.728 bits per heavy atom. The third kappa shape index (κ3) is 6.89. The van der Waals surface area contributed by atoms with E-state index in [4.69, 9.17) is 4.98 Å². The molecule has 380 valence electrons. The summed E-state index contributed by atoms with van der Waals surface area (Å²) in [4.78, 5) is 6.35. The van der Waals surface area contributed by atoms with Crippen molar-refractivity contribution in [1.82, 2.24) is 23.3 Å². The summed E-state index contributed by atoms with van der Waals surface area (Å²) in [6.07, 6.45) is 0. The van der Waals surface area contributed by atoms with E-state index >= 15 is 0 Å². The highest BCUT2D eigenvalue weighted by Crippen LogP contribution is 2.42. The van der Waals surface area contributed by atoms with Crippen LogP contribution in [0.4, 0.5) is 0 Å². The van der Waals surface area contributed by atoms with E-state index in [0.29, 0.717) is 0 Å². The standard InChI is InChI=1S/C74H49N5SSi/c1-3-21-54(22-4-1)81(55-23-5-2-6-24-55,56-25-17-19-49(43-56)50-37-42-73-72(44-50)79-71-36-16-11-31-64(71)75-74(79)48-80-73)57-26-18-20-51(45-57)76-69-40-38-52(77-65-32-12-7-27-58(65)59-28-8-13-33-66(59)77)46-62(69)63-47-53(39-41-70(63)76)78-67-34-14-9-29-60(67)61-30-10-15-35-68(61)78/h1-47H,48H2. The molecule has 1 aliphatic rings. The van der Waals surface area contributed by atoms with Crippen LogP contribution in [0.2, 0.25) is 0 Å². The zero-order valence-electron chi connectivity index (χ0n) is 44.0. The van der Waals surface area contributed by atoms with Crippen molar-refractivity contribution in [3.05, 3.63) is 291 Å². The first-order valence-corrected chi connectivity index (χ1v) is 30.8. The van der Waals surface area contributed by atoms with Gasteiger partial charge >= 0.3 is 0 Å². The number of rotatable bonds is 8. The summed E-state index contributed by atoms with van der Waals surface area (Å²) < 4.78 is 9.78. The fourth-order valence-corrected chi connectivity index (χ4v) is 19.5. The second kappa shape index (κ2) is 18.1. The quantitative estimate of drug-likeness (QED) is 0.112. The maximum atomic E-state index is 5.07. The molecule has 0 spiro atoms. The summed E-state index contributed by atoms with van der Waals surface area (Å²) in [5.41, 5.74) is 16.2. The predicted molar refractivity (Wildman–Crippen MR) is 343 cm³/mol. The summed E-state index contributed by atoms with van der Waals surface area (Å²) in [5.74, 6) is 1.94. The van der Waals surface area contributed by atoms with Crippen LogP contribution in [0.3, 0.4) is 0 Å². The van der Waals surface area contributed by atoms with E-state index in [1.165, 1.54) is 96.8 Å². The van der Waals surface area contributed by atoms with Crippen molar-refractivity contribution < 1.29 is 0 Å². The Morgan fingerprint density at radius 3 is 1.28 bits per heavy atom. The molecule has 1 aliphatic heterocycles. The van der Waals surface area contributed by atoms with Crippen molar-refractivity contribution in [3.63, 3.8) is 0 Å². The third-order valence-electron chi connectivity index (χ3n) is 17.2. The molecule has 12 aromatic carbocycles. The van der Waals surface area contributed by atoms with Crippen molar-refractivity contribution in [1.29, 1.82) is 0 Å². The van der Waals surface area contributed by atoms with Gasteiger partial charge in [0.05, 0.1) is 55.6 Å². The van der Waals surface area contributed by atoms with Gasteiger partial charge in [0, 0.05) is 54.3 Å². The number of nitrogens with zero attached hydrogens (tertiary/aromatic N) is 5. The van der Waals surface area contributed by atoms with Gasteiger partial charge in [-0.1, -0.05) is 188 Å². The summed E-state index contributed by atoms with van der Waals surface area (Å²) in [5, 5.41) is 12.7. The number of fused-ring (bicyclic) bond motifs is 14. The average Bonchev–Trinajstić information content (AvgIpc) is 4.44. The number of imidazole rings is 1. The van der Waals surface area contributed by atoms with E-state index in [0.717, 1.165) is 50.7 Å². The van der Waals surface area contributed by atoms with Crippen LogP contribution in [-0.2, 0) is 5.75 Å². The van der Waals surface area contributed by atoms with Gasteiger partial charge in [0.15, 0.2) is 8.07 Å². The minimum atomic E-state index is -3.09. The first-order chi connectivity index (χ1) is 40.2. The Kier molecular flexibility index (Phi) is 10.3. The highest BCUT2D eigenvalue weighted by molar-refractivity contribution is 7.98. The molecule has 0 saturated carbocycles. The van der Waals surface area contributed by atoms with Crippen molar-refractivity contribution in [3.8, 4) is 33.9 Å². The minimum absolute atomic E-state index is 0.847. The number of benzene rings is 12. The zero-order valence-corrected chi connectivity index (χ0v) is 45.8. The molecule has 0 bridgehead atoms. The lowest BCUT2D eigenvalue weighted by molar-refractivity contribution is 0.946. The minimum Gasteiger partial charge on any atom is -0.309 e. The van der Waals surface area contributed by atoms with Gasteiger partial charge in [-0.15, -0.1) is 11.8 Å². The van der Waals surface area contributed by atoms with Gasteiger partial charge in [0.2, 0.25) is 0 Å². The molecule has 16 aromatic rings. The monoisotopic (exact) mass is 1070 g/mol. The molecular weight excluding hydrogens is 1020 g/mol. The maximum Gasteiger partial charge on any atom is 0.179 e. The zero-order chi connectivity index (χ0) is 53.2. The number of hydrogen-bond donors (Lipinski definition) is 0. The van der Waals surface area contributed by atoms with Crippen LogP contribution in [-0.4, -0.2) is 31.3 Å². The molecule has 81 heavy (non-hydrogen) atoms. The molecular formula is C74H49N5SSi. The van der Waals surface area contributed by atoms with Gasteiger partial charge < -0.3 is 13.7 Å². The number of thioether (sulfide) groups is 1. The summed E-state index contributed by atoms with van der Waals surface area (Å²) in [7, 11) is -3.09. The Morgan fingerprint density at radius 1 is 0.296 bits per heavy atom. The van der Waals surface area contributed by atoms with Crippen LogP contribution >= 0.6 is 11.8 Å². The highest BCUT2D eigenvalue weighted by Gasteiger charge is 2.42. The maximum absolute atomic E-state index is 5.07. The fourth-order valence-electron chi connectivity index (χ4n) is 13.7. The topological polar surface area (TPSA) is 32.6 Å². The first kappa shape index (κ1) is 46.0. The van der Waals surface area contributed by atoms with Crippen molar-refractivity contribution >= 4 is 117 Å². The molecule has 5 heterocycles. The van der Waals surface area contributed by atoms with Crippen LogP contribution in [0.1, 0.15) is 5.82 Å². The van der Waals surface area contributed by atoms with Crippen LogP contribution in [0.5, 0.6) is 0 Å². The summed E-state index contributed by atoms with van der Waals surface area (Å²) in [6, 6.07) is 107. The molecule has 17 rings (SSSR count). The van der Waals surface area contributed by atoms with Gasteiger partial charge in [0.25, 0.3) is 0 Å². The summed E-state index contributed by atoms with van der Waals surface area (Å²) >= 11 is 1.87. The molecule has 0 saturated heterocycles. The van der Waals surface area contributed by atoms with Gasteiger partial charge in [-0.25, -0.2) is 4.98 Å². The summed E-state index contributed by atoms with van der Waals surface area (Å²) in [6.45, 7) is 0. The van der Waals surface area contributed by atoms with Crippen molar-refractivity contribution in [2.75, 3.05) is 0 Å². The first-order valence-electron chi connectivity index (χ1n) is 27.8. The Bertz CT molecular complexity index is 4880. The van der Waals surface area contributed by atoms with Crippen LogP contribution in [0, 0.1) is 0 Å². The number of para-hydroxylation sites is 6. The number of aromatic nitrogens is 5. The van der Waals surface area contributed by atoms with Gasteiger partial charge in [-0.2, -0.15) is 0 Å². The smallest absolute Gasteiger partial charge is 0.179 e. The van der Waals surface area contributed by atoms with E-state index < -0.39 is 8.07 Å². The predicted octanol–water partition coefficient (Wildman–Crippen LogP) is 16.0. The lowest BCUT2D eigenvalue weighted by Gasteiger charge is -2.35. The number of hydrogen-bond acceptors (Lipinski definition) is 2. The molecule has 0 radical (unpaired) electrons. The lowest BCUT2D eigenvalue weighted by atomic mass is 10.0. The van der Waals surface area contributed by atoms with Gasteiger partial charge in [-0.05, 0) is 129 Å². The molecule has 0 unspecified atom stereocenters. The fraction of sp³-hybridized carbons (Fsp3) is 0.0135. The van der Waals surface area contributed by atoms with Gasteiger partial charge in [-0.3, -0.25) is 4.57 Å². The Hall–Kier alpha value is -9.92. The molecule has 0 aliphatic carbocycles. The van der Waals surface area contributed by atoms with E-state index in [2.05, 4.69) is 303 Å². The average molecular weight is 1070 g/mol. The van der Waals surface area contributed by atoms with Crippen LogP contribution in [0.15, 0.2) is 290 Å². The highest BCUT2D eigenvalue weighted by atomic mass is 32.2. The van der Waals surface area contributed by atoms with Crippen LogP contribution in [0.25, 0.3) is 110 Å². The largest absolute Gasteiger partial charge is 0.309 e. The molecule has 4 aromatic heterocycles. The Labute approximate surface area is 472 Å². The third-order valence-corrected chi connectivity index (χ3v) is 23.0. The lowest BCUT2D eigenvalue weighted by Crippen LogP contribution is -2.74. The van der Waals surface area contributed by atoms with E-state index in [9.17, 15) is 0 Å². The molecule has 7 heteroatoms. The second-order valence-electron chi connectivity index (χ2n) is 21.4. The molecule has 0 N–H and O–H groups in total. The van der Waals surface area contributed by atoms with Gasteiger partial charge in [0.1, 0.15) is 5.82 Å². The van der Waals surface area contributed by atoms with E-state index in [1.807, 2.05) is 11.8 Å². The molecule has 5 nitrogen and oxygen atoms in total. The van der Waals surface area contributed by atoms with Crippen LogP contribution < -0.4 is 20.7 Å². The van der Waals surface area contributed by atoms with E-state index in [1.54, 1.807) is 0 Å². The molecule has 0 amide bonds. The SMILES string of the molecule is c1ccc([Si](c2ccccc2)(c2cccc(-c3ccc4c(c3)-n3c(nc5ccccc53)CS4)c2)c2cccc(-n3c4ccc(-n5c6ccccc6c6ccccc65)cc4c4cc(-n5c6ccccc6c6ccccc65)ccc43)c2)cc1. The molecule has 0 fully saturated rings. The second-order valence-corrected chi connectivity index (χ2v) is 26.2. The Balaban J connectivity index is 0.896. The normalized spacial score (nSPS) is 12.6. The van der Waals surface area contributed by atoms with Crippen molar-refractivity contribution in [2.45, 2.75) is 10.6 Å². The molecule has 0 atom stereocenters. The van der Waals surface area contributed by atoms with Crippen molar-refractivity contribution in [2.24, 2.45) is 0 Å². The van der Waals surface area contributed by atoms with E-state index in [-0.39, 0.29) is 0 Å².